The SMILES string of the molecule is C.CCC(CC)N1c2nc(Nc3ccc(C(=O)NCC(C)(C)CC(C)(C)COC4CCN(C(=O)OC(C)(C)C)CC4)cc3OC)ncc2N(C)C(=O)C1CC. The first-order valence-electron chi connectivity index (χ1n) is 19.6. The maximum atomic E-state index is 13.4. The quantitative estimate of drug-likeness (QED) is 0.182. The van der Waals surface area contributed by atoms with E-state index in [1.807, 2.05) is 27.7 Å². The molecular weight excluding hydrogens is 699 g/mol. The van der Waals surface area contributed by atoms with E-state index in [-0.39, 0.29) is 54.4 Å². The van der Waals surface area contributed by atoms with Crippen molar-refractivity contribution >= 4 is 41.0 Å². The molecule has 0 radical (unpaired) electrons. The minimum atomic E-state index is -0.507. The predicted molar refractivity (Wildman–Crippen MR) is 221 cm³/mol. The lowest BCUT2D eigenvalue weighted by Gasteiger charge is -2.44. The molecule has 1 saturated heterocycles. The van der Waals surface area contributed by atoms with Crippen LogP contribution in [0.15, 0.2) is 24.4 Å². The summed E-state index contributed by atoms with van der Waals surface area (Å²) in [6.45, 7) is 22.9. The molecule has 0 spiro atoms. The molecule has 2 aliphatic heterocycles. The van der Waals surface area contributed by atoms with Crippen molar-refractivity contribution < 1.29 is 28.6 Å². The third kappa shape index (κ3) is 11.7. The molecule has 1 aromatic heterocycles. The summed E-state index contributed by atoms with van der Waals surface area (Å²) in [7, 11) is 3.34. The third-order valence-electron chi connectivity index (χ3n) is 10.2. The summed E-state index contributed by atoms with van der Waals surface area (Å²) in [5.74, 6) is 1.43. The van der Waals surface area contributed by atoms with Crippen molar-refractivity contribution in [1.29, 1.82) is 0 Å². The van der Waals surface area contributed by atoms with Crippen LogP contribution in [0.2, 0.25) is 0 Å². The van der Waals surface area contributed by atoms with Crippen molar-refractivity contribution in [1.82, 2.24) is 20.2 Å². The lowest BCUT2D eigenvalue weighted by molar-refractivity contribution is -0.120. The first-order chi connectivity index (χ1) is 25.3. The highest BCUT2D eigenvalue weighted by Crippen LogP contribution is 2.39. The van der Waals surface area contributed by atoms with Gasteiger partial charge in [0.1, 0.15) is 23.1 Å². The summed E-state index contributed by atoms with van der Waals surface area (Å²) in [6.07, 6.45) is 6.36. The average molecular weight is 768 g/mol. The number of hydrogen-bond acceptors (Lipinski definition) is 10. The van der Waals surface area contributed by atoms with Crippen LogP contribution in [-0.4, -0.2) is 97.0 Å². The summed E-state index contributed by atoms with van der Waals surface area (Å²) in [5.41, 5.74) is 0.942. The molecule has 2 N–H and O–H groups in total. The van der Waals surface area contributed by atoms with Crippen LogP contribution < -0.4 is 25.2 Å². The largest absolute Gasteiger partial charge is 0.495 e. The van der Waals surface area contributed by atoms with E-state index >= 15 is 0 Å². The van der Waals surface area contributed by atoms with Gasteiger partial charge in [-0.1, -0.05) is 55.9 Å². The fourth-order valence-electron chi connectivity index (χ4n) is 7.70. The molecule has 1 unspecified atom stereocenters. The van der Waals surface area contributed by atoms with Crippen molar-refractivity contribution in [3.63, 3.8) is 0 Å². The smallest absolute Gasteiger partial charge is 0.410 e. The second-order valence-corrected chi connectivity index (χ2v) is 17.3. The van der Waals surface area contributed by atoms with Crippen LogP contribution in [0.4, 0.5) is 27.9 Å². The molecule has 55 heavy (non-hydrogen) atoms. The lowest BCUT2D eigenvalue weighted by atomic mass is 9.75. The number of aromatic nitrogens is 2. The summed E-state index contributed by atoms with van der Waals surface area (Å²) < 4.78 is 17.6. The van der Waals surface area contributed by atoms with Crippen LogP contribution >= 0.6 is 0 Å². The van der Waals surface area contributed by atoms with Gasteiger partial charge >= 0.3 is 6.09 Å². The van der Waals surface area contributed by atoms with Crippen molar-refractivity contribution in [2.75, 3.05) is 55.5 Å². The molecule has 1 aromatic carbocycles. The predicted octanol–water partition coefficient (Wildman–Crippen LogP) is 8.20. The fourth-order valence-corrected chi connectivity index (χ4v) is 7.70. The van der Waals surface area contributed by atoms with E-state index < -0.39 is 5.60 Å². The van der Waals surface area contributed by atoms with Gasteiger partial charge in [0.15, 0.2) is 5.82 Å². The minimum absolute atomic E-state index is 0. The number of amides is 3. The van der Waals surface area contributed by atoms with Crippen LogP contribution in [-0.2, 0) is 14.3 Å². The van der Waals surface area contributed by atoms with Gasteiger partial charge in [0.25, 0.3) is 5.91 Å². The van der Waals surface area contributed by atoms with Gasteiger partial charge in [-0.2, -0.15) is 4.98 Å². The van der Waals surface area contributed by atoms with E-state index in [0.29, 0.717) is 61.3 Å². The summed E-state index contributed by atoms with van der Waals surface area (Å²) in [5, 5.41) is 6.41. The second kappa shape index (κ2) is 18.7. The van der Waals surface area contributed by atoms with E-state index in [1.165, 1.54) is 0 Å². The van der Waals surface area contributed by atoms with Crippen molar-refractivity contribution in [3.05, 3.63) is 30.0 Å². The van der Waals surface area contributed by atoms with Crippen molar-refractivity contribution in [2.24, 2.45) is 10.8 Å². The van der Waals surface area contributed by atoms with Crippen molar-refractivity contribution in [3.8, 4) is 5.75 Å². The molecule has 308 valence electrons. The van der Waals surface area contributed by atoms with Crippen LogP contribution in [0.5, 0.6) is 5.75 Å². The molecule has 0 bridgehead atoms. The Bertz CT molecular complexity index is 1610. The monoisotopic (exact) mass is 768 g/mol. The van der Waals surface area contributed by atoms with E-state index in [2.05, 4.69) is 62.1 Å². The van der Waals surface area contributed by atoms with Crippen LogP contribution in [0.25, 0.3) is 0 Å². The molecule has 0 saturated carbocycles. The Hall–Kier alpha value is -4.13. The van der Waals surface area contributed by atoms with Gasteiger partial charge in [-0.15, -0.1) is 0 Å². The molecule has 2 aromatic rings. The fraction of sp³-hybridized carbons (Fsp3) is 0.690. The van der Waals surface area contributed by atoms with E-state index in [0.717, 1.165) is 37.9 Å². The van der Waals surface area contributed by atoms with Crippen LogP contribution in [0, 0.1) is 10.8 Å². The first-order valence-corrected chi connectivity index (χ1v) is 19.6. The summed E-state index contributed by atoms with van der Waals surface area (Å²) >= 11 is 0. The number of ether oxygens (including phenoxy) is 3. The third-order valence-corrected chi connectivity index (χ3v) is 10.2. The van der Waals surface area contributed by atoms with Gasteiger partial charge in [0.2, 0.25) is 11.9 Å². The van der Waals surface area contributed by atoms with E-state index in [4.69, 9.17) is 19.2 Å². The average Bonchev–Trinajstić information content (AvgIpc) is 3.11. The van der Waals surface area contributed by atoms with Crippen LogP contribution in [0.3, 0.4) is 0 Å². The highest BCUT2D eigenvalue weighted by atomic mass is 16.6. The molecule has 2 aliphatic rings. The highest BCUT2D eigenvalue weighted by Gasteiger charge is 2.40. The Labute approximate surface area is 330 Å². The zero-order chi connectivity index (χ0) is 40.0. The zero-order valence-corrected chi connectivity index (χ0v) is 34.8. The number of methoxy groups -OCH3 is 1. The molecule has 3 heterocycles. The Morgan fingerprint density at radius 3 is 2.24 bits per heavy atom. The topological polar surface area (TPSA) is 138 Å². The Morgan fingerprint density at radius 2 is 1.65 bits per heavy atom. The molecule has 3 amide bonds. The first kappa shape index (κ1) is 45.3. The number of anilines is 4. The van der Waals surface area contributed by atoms with E-state index in [1.54, 1.807) is 48.4 Å². The van der Waals surface area contributed by atoms with E-state index in [9.17, 15) is 14.4 Å². The molecule has 1 fully saturated rings. The Kier molecular flexibility index (Phi) is 15.4. The van der Waals surface area contributed by atoms with Gasteiger partial charge in [0, 0.05) is 38.3 Å². The number of likely N-dealkylation sites (tertiary alicyclic amines) is 1. The normalized spacial score (nSPS) is 16.8. The molecule has 13 nitrogen and oxygen atoms in total. The molecule has 0 aliphatic carbocycles. The number of hydrogen-bond donors (Lipinski definition) is 2. The molecule has 1 atom stereocenters. The van der Waals surface area contributed by atoms with Gasteiger partial charge in [-0.3, -0.25) is 9.59 Å². The number of fused-ring (bicyclic) bond motifs is 1. The van der Waals surface area contributed by atoms with Crippen LogP contribution in [0.1, 0.15) is 126 Å². The number of nitrogens with zero attached hydrogens (tertiary/aromatic N) is 5. The number of nitrogens with one attached hydrogen (secondary N) is 2. The van der Waals surface area contributed by atoms with Gasteiger partial charge < -0.3 is 39.5 Å². The lowest BCUT2D eigenvalue weighted by Crippen LogP contribution is -2.56. The second-order valence-electron chi connectivity index (χ2n) is 17.3. The van der Waals surface area contributed by atoms with Gasteiger partial charge in [-0.25, -0.2) is 9.78 Å². The minimum Gasteiger partial charge on any atom is -0.495 e. The molecule has 13 heteroatoms. The number of likely N-dealkylation sites (N-methyl/N-ethyl adjacent to an activating group) is 1. The number of benzene rings is 1. The standard InChI is InChI=1S/C41H65N7O6.CH4/c1-13-28(14-2)48-31(15-3)36(50)46(11)32-23-42-37(45-34(32)48)44-30-17-16-27(22-33(30)52-12)35(49)43-25-40(7,8)24-41(9,10)26-53-29-18-20-47(21-19-29)38(51)54-39(4,5)6;/h16-17,22-23,28-29,31H,13-15,18-21,24-26H2,1-12H3,(H,43,49)(H,42,44,45);1H4. The van der Waals surface area contributed by atoms with Gasteiger partial charge in [0.05, 0.1) is 31.7 Å². The zero-order valence-electron chi connectivity index (χ0n) is 34.8. The van der Waals surface area contributed by atoms with Crippen molar-refractivity contribution in [2.45, 2.75) is 139 Å². The Balaban J connectivity index is 0.00000812. The van der Waals surface area contributed by atoms with Gasteiger partial charge in [-0.05, 0) is 88.3 Å². The molecule has 4 rings (SSSR count). The number of piperidine rings is 1. The number of carbonyl (C=O) groups is 3. The highest BCUT2D eigenvalue weighted by molar-refractivity contribution is 6.04. The summed E-state index contributed by atoms with van der Waals surface area (Å²) in [6, 6.07) is 5.13. The summed E-state index contributed by atoms with van der Waals surface area (Å²) in [4.78, 5) is 54.1. The maximum absolute atomic E-state index is 13.4. The molecular formula is C42H69N7O6. The number of rotatable bonds is 15. The number of carbonyl (C=O) groups excluding carboxylic acids is 3. The maximum Gasteiger partial charge on any atom is 0.410 e. The Morgan fingerprint density at radius 1 is 1.00 bits per heavy atom.